The normalized spacial score (nSPS) is 11.8. The van der Waals surface area contributed by atoms with Crippen molar-refractivity contribution in [2.45, 2.75) is 26.4 Å². The van der Waals surface area contributed by atoms with Crippen molar-refractivity contribution in [3.63, 3.8) is 0 Å². The summed E-state index contributed by atoms with van der Waals surface area (Å²) in [5, 5.41) is 2.65. The third kappa shape index (κ3) is 3.51. The van der Waals surface area contributed by atoms with Crippen LogP contribution in [0.5, 0.6) is 0 Å². The first-order chi connectivity index (χ1) is 13.3. The van der Waals surface area contributed by atoms with Crippen LogP contribution in [-0.4, -0.2) is 11.1 Å². The molecule has 0 aliphatic carbocycles. The van der Waals surface area contributed by atoms with Gasteiger partial charge >= 0.3 is 0 Å². The molecule has 27 heavy (non-hydrogen) atoms. The van der Waals surface area contributed by atoms with Gasteiger partial charge in [-0.2, -0.15) is 0 Å². The van der Waals surface area contributed by atoms with Crippen molar-refractivity contribution in [2.24, 2.45) is 5.73 Å². The van der Waals surface area contributed by atoms with Gasteiger partial charge < -0.3 is 10.3 Å². The van der Waals surface area contributed by atoms with Crippen LogP contribution in [0.3, 0.4) is 0 Å². The van der Waals surface area contributed by atoms with Gasteiger partial charge in [-0.05, 0) is 42.8 Å². The second-order valence-electron chi connectivity index (χ2n) is 6.88. The Morgan fingerprint density at radius 2 is 1.63 bits per heavy atom. The summed E-state index contributed by atoms with van der Waals surface area (Å²) >= 11 is 0. The average Bonchev–Trinajstić information content (AvgIpc) is 3.04. The Hall–Kier alpha value is -2.91. The number of fused-ring (bicyclic) bond motifs is 3. The molecule has 0 atom stereocenters. The van der Waals surface area contributed by atoms with E-state index in [9.17, 15) is 0 Å². The maximum Gasteiger partial charge on any atom is 0.169 e. The van der Waals surface area contributed by atoms with E-state index in [1.807, 2.05) is 0 Å². The predicted octanol–water partition coefficient (Wildman–Crippen LogP) is 4.62. The molecule has 0 fully saturated rings. The van der Waals surface area contributed by atoms with Gasteiger partial charge in [0.05, 0.1) is 0 Å². The number of hydrogen-bond acceptors (Lipinski definition) is 1. The molecule has 2 aromatic carbocycles. The molecule has 0 bridgehead atoms. The number of aromatic nitrogens is 2. The fourth-order valence-electron chi connectivity index (χ4n) is 3.71. The molecule has 2 aromatic heterocycles. The molecule has 0 amide bonds. The Bertz CT molecular complexity index is 1090. The van der Waals surface area contributed by atoms with Gasteiger partial charge in [0.1, 0.15) is 6.54 Å². The van der Waals surface area contributed by atoms with Gasteiger partial charge in [0.2, 0.25) is 0 Å². The molecular weight excluding hydrogens is 330 g/mol. The zero-order chi connectivity index (χ0) is 18.6. The highest BCUT2D eigenvalue weighted by molar-refractivity contribution is 6.08. The molecule has 0 saturated heterocycles. The largest absolute Gasteiger partial charge is 0.341 e. The van der Waals surface area contributed by atoms with Crippen LogP contribution in [0.2, 0.25) is 0 Å². The lowest BCUT2D eigenvalue weighted by Gasteiger charge is -2.02. The zero-order valence-corrected chi connectivity index (χ0v) is 15.8. The zero-order valence-electron chi connectivity index (χ0n) is 15.8. The number of nitrogens with two attached hydrogens (primary N) is 1. The lowest BCUT2D eigenvalue weighted by Crippen LogP contribution is -2.33. The molecule has 0 aliphatic heterocycles. The second-order valence-corrected chi connectivity index (χ2v) is 6.88. The summed E-state index contributed by atoms with van der Waals surface area (Å²) in [6.07, 6.45) is 9.61. The van der Waals surface area contributed by atoms with E-state index in [2.05, 4.69) is 95.2 Å². The van der Waals surface area contributed by atoms with Crippen LogP contribution in [0.4, 0.5) is 0 Å². The summed E-state index contributed by atoms with van der Waals surface area (Å²) in [7, 11) is 0. The van der Waals surface area contributed by atoms with Crippen molar-refractivity contribution < 1.29 is 4.57 Å². The average molecular weight is 356 g/mol. The Kier molecular flexibility index (Phi) is 5.03. The molecule has 4 aromatic rings. The van der Waals surface area contributed by atoms with E-state index in [0.717, 1.165) is 26.1 Å². The Labute approximate surface area is 160 Å². The summed E-state index contributed by atoms with van der Waals surface area (Å²) in [5.41, 5.74) is 10.6. The van der Waals surface area contributed by atoms with E-state index in [1.165, 1.54) is 32.9 Å². The fourth-order valence-corrected chi connectivity index (χ4v) is 3.71. The van der Waals surface area contributed by atoms with Crippen LogP contribution in [0, 0.1) is 0 Å². The van der Waals surface area contributed by atoms with Gasteiger partial charge in [-0.1, -0.05) is 36.4 Å². The quantitative estimate of drug-likeness (QED) is 0.503. The Morgan fingerprint density at radius 1 is 0.889 bits per heavy atom. The molecule has 0 spiro atoms. The summed E-state index contributed by atoms with van der Waals surface area (Å²) < 4.78 is 4.56. The molecule has 0 radical (unpaired) electrons. The molecule has 0 unspecified atom stereocenters. The van der Waals surface area contributed by atoms with Gasteiger partial charge in [-0.3, -0.25) is 0 Å². The minimum atomic E-state index is 0.728. The third-order valence-electron chi connectivity index (χ3n) is 5.12. The molecule has 4 rings (SSSR count). The van der Waals surface area contributed by atoms with Crippen molar-refractivity contribution in [2.75, 3.05) is 6.54 Å². The van der Waals surface area contributed by atoms with E-state index in [0.29, 0.717) is 0 Å². The van der Waals surface area contributed by atoms with Crippen molar-refractivity contribution in [1.82, 2.24) is 4.57 Å². The van der Waals surface area contributed by atoms with Gasteiger partial charge in [0.15, 0.2) is 12.4 Å². The van der Waals surface area contributed by atoms with Crippen molar-refractivity contribution in [1.29, 1.82) is 0 Å². The molecule has 3 nitrogen and oxygen atoms in total. The van der Waals surface area contributed by atoms with Crippen LogP contribution in [0.15, 0.2) is 67.0 Å². The first-order valence-corrected chi connectivity index (χ1v) is 9.68. The number of benzene rings is 2. The first-order valence-electron chi connectivity index (χ1n) is 9.68. The van der Waals surface area contributed by atoms with Crippen molar-refractivity contribution in [3.05, 3.63) is 78.1 Å². The number of aryl methyl sites for hydroxylation is 2. The van der Waals surface area contributed by atoms with Crippen LogP contribution in [0.25, 0.3) is 34.0 Å². The number of rotatable bonds is 6. The number of pyridine rings is 1. The second kappa shape index (κ2) is 7.77. The number of nitrogens with zero attached hydrogens (tertiary/aromatic N) is 2. The van der Waals surface area contributed by atoms with E-state index in [1.54, 1.807) is 0 Å². The van der Waals surface area contributed by atoms with Crippen LogP contribution >= 0.6 is 0 Å². The summed E-state index contributed by atoms with van der Waals surface area (Å²) in [6.45, 7) is 4.88. The molecule has 2 heterocycles. The van der Waals surface area contributed by atoms with Gasteiger partial charge in [-0.15, -0.1) is 0 Å². The lowest BCUT2D eigenvalue weighted by atomic mass is 10.1. The van der Waals surface area contributed by atoms with E-state index >= 15 is 0 Å². The van der Waals surface area contributed by atoms with E-state index < -0.39 is 0 Å². The topological polar surface area (TPSA) is 34.8 Å². The van der Waals surface area contributed by atoms with Crippen molar-refractivity contribution in [3.8, 4) is 0 Å². The van der Waals surface area contributed by atoms with Crippen LogP contribution in [-0.2, 0) is 13.1 Å². The number of hydrogen-bond donors (Lipinski definition) is 1. The van der Waals surface area contributed by atoms with Gasteiger partial charge in [0, 0.05) is 46.9 Å². The highest BCUT2D eigenvalue weighted by Crippen LogP contribution is 2.30. The minimum Gasteiger partial charge on any atom is -0.341 e. The summed E-state index contributed by atoms with van der Waals surface area (Å²) in [6, 6.07) is 19.7. The highest BCUT2D eigenvalue weighted by atomic mass is 15.0. The third-order valence-corrected chi connectivity index (χ3v) is 5.12. The molecule has 3 heteroatoms. The minimum absolute atomic E-state index is 0.728. The van der Waals surface area contributed by atoms with Crippen LogP contribution in [0.1, 0.15) is 24.5 Å². The van der Waals surface area contributed by atoms with Crippen molar-refractivity contribution >= 4 is 34.0 Å². The fraction of sp³-hybridized carbons (Fsp3) is 0.208. The summed E-state index contributed by atoms with van der Waals surface area (Å²) in [5.74, 6) is 0. The smallest absolute Gasteiger partial charge is 0.169 e. The molecular formula is C24H26N3+. The Morgan fingerprint density at radius 3 is 2.41 bits per heavy atom. The van der Waals surface area contributed by atoms with Gasteiger partial charge in [0.25, 0.3) is 0 Å². The lowest BCUT2D eigenvalue weighted by molar-refractivity contribution is -0.697. The molecule has 136 valence electrons. The maximum absolute atomic E-state index is 5.58. The van der Waals surface area contributed by atoms with E-state index in [4.69, 9.17) is 5.73 Å². The SMILES string of the molecule is CCn1c2ccccc2c2cc(/C=C/c3cc[n+](CCCN)cc3)ccc21. The Balaban J connectivity index is 1.64. The summed E-state index contributed by atoms with van der Waals surface area (Å²) in [4.78, 5) is 0. The van der Waals surface area contributed by atoms with E-state index in [-0.39, 0.29) is 0 Å². The van der Waals surface area contributed by atoms with Gasteiger partial charge in [-0.25, -0.2) is 4.57 Å². The number of para-hydroxylation sites is 1. The molecule has 0 aliphatic rings. The highest BCUT2D eigenvalue weighted by Gasteiger charge is 2.08. The molecule has 2 N–H and O–H groups in total. The first kappa shape index (κ1) is 17.5. The molecule has 0 saturated carbocycles. The predicted molar refractivity (Wildman–Crippen MR) is 114 cm³/mol. The standard InChI is InChI=1S/C24H26N3/c1-2-27-23-7-4-3-6-21(23)22-18-20(10-11-24(22)27)9-8-19-12-16-26(17-13-19)15-5-14-25/h3-4,6-13,16-18H,2,5,14-15,25H2,1H3/q+1. The van der Waals surface area contributed by atoms with Crippen LogP contribution < -0.4 is 10.3 Å². The maximum atomic E-state index is 5.58. The monoisotopic (exact) mass is 356 g/mol.